The highest BCUT2D eigenvalue weighted by Crippen LogP contribution is 2.14. The Balaban J connectivity index is 1.71. The number of benzene rings is 1. The van der Waals surface area contributed by atoms with Gasteiger partial charge in [0.05, 0.1) is 11.6 Å². The number of amides is 1. The highest BCUT2D eigenvalue weighted by atomic mass is 16.1. The first-order chi connectivity index (χ1) is 11.2. The van der Waals surface area contributed by atoms with Crippen LogP contribution < -0.4 is 5.32 Å². The summed E-state index contributed by atoms with van der Waals surface area (Å²) in [5.41, 5.74) is 2.35. The van der Waals surface area contributed by atoms with E-state index in [4.69, 9.17) is 0 Å². The minimum Gasteiger partial charge on any atom is -0.345 e. The largest absolute Gasteiger partial charge is 0.345 e. The van der Waals surface area contributed by atoms with Crippen molar-refractivity contribution in [2.45, 2.75) is 13.0 Å². The first kappa shape index (κ1) is 14.8. The monoisotopic (exact) mass is 304 g/mol. The van der Waals surface area contributed by atoms with Gasteiger partial charge in [0.15, 0.2) is 5.82 Å². The fraction of sp³-hybridized carbons (Fsp3) is 0.111. The molecule has 0 bridgehead atoms. The molecule has 0 aliphatic rings. The zero-order valence-electron chi connectivity index (χ0n) is 12.7. The predicted octanol–water partition coefficient (Wildman–Crippen LogP) is 3.03. The van der Waals surface area contributed by atoms with Crippen LogP contribution in [0.2, 0.25) is 0 Å². The number of carbonyl (C=O) groups is 1. The van der Waals surface area contributed by atoms with Crippen LogP contribution in [0.5, 0.6) is 0 Å². The first-order valence-electron chi connectivity index (χ1n) is 7.32. The van der Waals surface area contributed by atoms with Crippen LogP contribution in [0.25, 0.3) is 11.4 Å². The number of hydrogen-bond acceptors (Lipinski definition) is 4. The van der Waals surface area contributed by atoms with Crippen LogP contribution in [-0.4, -0.2) is 20.9 Å². The molecule has 0 spiro atoms. The number of hydrogen-bond donors (Lipinski definition) is 1. The lowest BCUT2D eigenvalue weighted by Gasteiger charge is -2.13. The summed E-state index contributed by atoms with van der Waals surface area (Å²) in [5.74, 6) is 0.401. The Kier molecular flexibility index (Phi) is 4.38. The molecule has 2 heterocycles. The normalized spacial score (nSPS) is 11.7. The van der Waals surface area contributed by atoms with E-state index in [2.05, 4.69) is 20.3 Å². The van der Waals surface area contributed by atoms with Gasteiger partial charge in [-0.3, -0.25) is 9.78 Å². The summed E-state index contributed by atoms with van der Waals surface area (Å²) < 4.78 is 0. The Morgan fingerprint density at radius 2 is 1.65 bits per heavy atom. The van der Waals surface area contributed by atoms with Crippen molar-refractivity contribution in [2.24, 2.45) is 0 Å². The van der Waals surface area contributed by atoms with Crippen LogP contribution in [0.4, 0.5) is 0 Å². The molecular formula is C18H16N4O. The first-order valence-corrected chi connectivity index (χ1v) is 7.32. The van der Waals surface area contributed by atoms with Crippen LogP contribution in [0.15, 0.2) is 67.3 Å². The molecule has 0 aliphatic heterocycles. The van der Waals surface area contributed by atoms with Crippen LogP contribution >= 0.6 is 0 Å². The maximum Gasteiger partial charge on any atom is 0.254 e. The summed E-state index contributed by atoms with van der Waals surface area (Å²) >= 11 is 0. The van der Waals surface area contributed by atoms with Crippen molar-refractivity contribution in [1.29, 1.82) is 0 Å². The Hall–Kier alpha value is -3.08. The topological polar surface area (TPSA) is 67.8 Å². The van der Waals surface area contributed by atoms with E-state index >= 15 is 0 Å². The molecule has 0 saturated heterocycles. The average molecular weight is 304 g/mol. The van der Waals surface area contributed by atoms with Gasteiger partial charge in [-0.1, -0.05) is 30.3 Å². The molecule has 3 rings (SSSR count). The summed E-state index contributed by atoms with van der Waals surface area (Å²) in [4.78, 5) is 24.8. The van der Waals surface area contributed by atoms with Gasteiger partial charge in [-0.05, 0) is 24.6 Å². The molecular weight excluding hydrogens is 288 g/mol. The molecule has 1 amide bonds. The van der Waals surface area contributed by atoms with E-state index in [0.717, 1.165) is 11.1 Å². The van der Waals surface area contributed by atoms with E-state index in [9.17, 15) is 4.79 Å². The number of aromatic nitrogens is 3. The van der Waals surface area contributed by atoms with Gasteiger partial charge >= 0.3 is 0 Å². The Morgan fingerprint density at radius 3 is 2.30 bits per heavy atom. The Morgan fingerprint density at radius 1 is 1.00 bits per heavy atom. The van der Waals surface area contributed by atoms with E-state index in [-0.39, 0.29) is 11.9 Å². The van der Waals surface area contributed by atoms with E-state index in [0.29, 0.717) is 11.4 Å². The zero-order valence-corrected chi connectivity index (χ0v) is 12.7. The predicted molar refractivity (Wildman–Crippen MR) is 87.6 cm³/mol. The van der Waals surface area contributed by atoms with Crippen molar-refractivity contribution >= 4 is 5.91 Å². The molecule has 0 fully saturated rings. The molecule has 2 aromatic heterocycles. The maximum absolute atomic E-state index is 12.3. The molecule has 1 atom stereocenters. The molecule has 1 aromatic carbocycles. The highest BCUT2D eigenvalue weighted by Gasteiger charge is 2.12. The van der Waals surface area contributed by atoms with Crippen LogP contribution in [0.1, 0.15) is 28.9 Å². The molecule has 0 radical (unpaired) electrons. The molecule has 3 aromatic rings. The molecule has 1 unspecified atom stereocenters. The summed E-state index contributed by atoms with van der Waals surface area (Å²) in [6, 6.07) is 13.3. The van der Waals surface area contributed by atoms with Gasteiger partial charge in [-0.25, -0.2) is 9.97 Å². The van der Waals surface area contributed by atoms with Crippen molar-refractivity contribution in [3.63, 3.8) is 0 Å². The minimum absolute atomic E-state index is 0.112. The maximum atomic E-state index is 12.3. The molecule has 23 heavy (non-hydrogen) atoms. The fourth-order valence-corrected chi connectivity index (χ4v) is 2.20. The highest BCUT2D eigenvalue weighted by molar-refractivity contribution is 5.93. The summed E-state index contributed by atoms with van der Waals surface area (Å²) in [7, 11) is 0. The average Bonchev–Trinajstić information content (AvgIpc) is 2.63. The van der Waals surface area contributed by atoms with E-state index < -0.39 is 0 Å². The van der Waals surface area contributed by atoms with Gasteiger partial charge in [0.25, 0.3) is 5.91 Å². The van der Waals surface area contributed by atoms with E-state index in [1.807, 2.05) is 49.4 Å². The molecule has 0 saturated carbocycles. The third-order valence-electron chi connectivity index (χ3n) is 3.50. The van der Waals surface area contributed by atoms with Gasteiger partial charge in [0.2, 0.25) is 0 Å². The SMILES string of the molecule is CC(NC(=O)c1cnc(-c2ccccc2)nc1)c1ccncc1. The van der Waals surface area contributed by atoms with Crippen LogP contribution in [-0.2, 0) is 0 Å². The fourth-order valence-electron chi connectivity index (χ4n) is 2.20. The summed E-state index contributed by atoms with van der Waals surface area (Å²) in [6.07, 6.45) is 6.50. The molecule has 1 N–H and O–H groups in total. The summed E-state index contributed by atoms with van der Waals surface area (Å²) in [5, 5.41) is 2.92. The zero-order chi connectivity index (χ0) is 16.1. The van der Waals surface area contributed by atoms with Gasteiger partial charge in [-0.15, -0.1) is 0 Å². The second kappa shape index (κ2) is 6.79. The quantitative estimate of drug-likeness (QED) is 0.804. The third-order valence-corrected chi connectivity index (χ3v) is 3.50. The lowest BCUT2D eigenvalue weighted by molar-refractivity contribution is 0.0939. The van der Waals surface area contributed by atoms with Crippen molar-refractivity contribution in [3.05, 3.63) is 78.4 Å². The Bertz CT molecular complexity index is 773. The Labute approximate surface area is 134 Å². The van der Waals surface area contributed by atoms with Crippen molar-refractivity contribution in [3.8, 4) is 11.4 Å². The van der Waals surface area contributed by atoms with Crippen LogP contribution in [0, 0.1) is 0 Å². The third kappa shape index (κ3) is 3.58. The number of nitrogens with zero attached hydrogens (tertiary/aromatic N) is 3. The second-order valence-electron chi connectivity index (χ2n) is 5.14. The number of pyridine rings is 1. The lowest BCUT2D eigenvalue weighted by atomic mass is 10.1. The number of nitrogens with one attached hydrogen (secondary N) is 1. The second-order valence-corrected chi connectivity index (χ2v) is 5.14. The van der Waals surface area contributed by atoms with Crippen molar-refractivity contribution < 1.29 is 4.79 Å². The van der Waals surface area contributed by atoms with Crippen molar-refractivity contribution in [1.82, 2.24) is 20.3 Å². The van der Waals surface area contributed by atoms with Gasteiger partial charge in [0, 0.05) is 30.4 Å². The molecule has 114 valence electrons. The minimum atomic E-state index is -0.200. The van der Waals surface area contributed by atoms with Gasteiger partial charge < -0.3 is 5.32 Å². The number of carbonyl (C=O) groups excluding carboxylic acids is 1. The summed E-state index contributed by atoms with van der Waals surface area (Å²) in [6.45, 7) is 1.92. The number of rotatable bonds is 4. The van der Waals surface area contributed by atoms with Crippen molar-refractivity contribution in [2.75, 3.05) is 0 Å². The van der Waals surface area contributed by atoms with E-state index in [1.165, 1.54) is 0 Å². The van der Waals surface area contributed by atoms with Gasteiger partial charge in [0.1, 0.15) is 0 Å². The lowest BCUT2D eigenvalue weighted by Crippen LogP contribution is -2.26. The molecule has 5 nitrogen and oxygen atoms in total. The van der Waals surface area contributed by atoms with Gasteiger partial charge in [-0.2, -0.15) is 0 Å². The van der Waals surface area contributed by atoms with E-state index in [1.54, 1.807) is 24.8 Å². The standard InChI is InChI=1S/C18H16N4O/c1-13(14-7-9-19-10-8-14)22-18(23)16-11-20-17(21-12-16)15-5-3-2-4-6-15/h2-13H,1H3,(H,22,23). The smallest absolute Gasteiger partial charge is 0.254 e. The molecule has 5 heteroatoms. The molecule has 0 aliphatic carbocycles. The van der Waals surface area contributed by atoms with Crippen LogP contribution in [0.3, 0.4) is 0 Å².